The largest absolute Gasteiger partial charge is 0.396 e. The van der Waals surface area contributed by atoms with Crippen LogP contribution in [-0.4, -0.2) is 47.1 Å². The van der Waals surface area contributed by atoms with Gasteiger partial charge < -0.3 is 15.3 Å². The van der Waals surface area contributed by atoms with E-state index in [1.54, 1.807) is 13.0 Å². The SMILES string of the molecule is CC(NC(=O)c1cccs1)C(=O)N1CCCCC1CCO. The van der Waals surface area contributed by atoms with Crippen molar-refractivity contribution in [3.05, 3.63) is 22.4 Å². The lowest BCUT2D eigenvalue weighted by molar-refractivity contribution is -0.136. The number of likely N-dealkylation sites (tertiary alicyclic amines) is 1. The molecule has 2 amide bonds. The first-order valence-corrected chi connectivity index (χ1v) is 8.27. The van der Waals surface area contributed by atoms with Gasteiger partial charge in [-0.3, -0.25) is 9.59 Å². The fraction of sp³-hybridized carbons (Fsp3) is 0.600. The van der Waals surface area contributed by atoms with Crippen LogP contribution in [0.25, 0.3) is 0 Å². The molecular formula is C15H22N2O3S. The lowest BCUT2D eigenvalue weighted by Gasteiger charge is -2.37. The Balaban J connectivity index is 1.95. The van der Waals surface area contributed by atoms with Crippen molar-refractivity contribution in [2.75, 3.05) is 13.2 Å². The predicted molar refractivity (Wildman–Crippen MR) is 82.3 cm³/mol. The molecular weight excluding hydrogens is 288 g/mol. The molecule has 116 valence electrons. The molecule has 21 heavy (non-hydrogen) atoms. The Morgan fingerprint density at radius 1 is 1.52 bits per heavy atom. The van der Waals surface area contributed by atoms with E-state index in [-0.39, 0.29) is 24.5 Å². The highest BCUT2D eigenvalue weighted by Gasteiger charge is 2.30. The molecule has 1 aliphatic heterocycles. The van der Waals surface area contributed by atoms with Crippen LogP contribution in [-0.2, 0) is 4.79 Å². The lowest BCUT2D eigenvalue weighted by Crippen LogP contribution is -2.52. The average molecular weight is 310 g/mol. The molecule has 0 saturated carbocycles. The number of piperidine rings is 1. The fourth-order valence-electron chi connectivity index (χ4n) is 2.73. The van der Waals surface area contributed by atoms with Gasteiger partial charge in [0.2, 0.25) is 5.91 Å². The van der Waals surface area contributed by atoms with Gasteiger partial charge in [0.05, 0.1) is 4.88 Å². The molecule has 0 aromatic carbocycles. The third kappa shape index (κ3) is 4.04. The zero-order valence-electron chi connectivity index (χ0n) is 12.2. The summed E-state index contributed by atoms with van der Waals surface area (Å²) in [6.07, 6.45) is 3.61. The van der Waals surface area contributed by atoms with Gasteiger partial charge in [0.25, 0.3) is 5.91 Å². The topological polar surface area (TPSA) is 69.6 Å². The van der Waals surface area contributed by atoms with Gasteiger partial charge >= 0.3 is 0 Å². The quantitative estimate of drug-likeness (QED) is 0.868. The molecule has 0 radical (unpaired) electrons. The summed E-state index contributed by atoms with van der Waals surface area (Å²) in [4.78, 5) is 27.0. The highest BCUT2D eigenvalue weighted by atomic mass is 32.1. The Morgan fingerprint density at radius 2 is 2.33 bits per heavy atom. The highest BCUT2D eigenvalue weighted by Crippen LogP contribution is 2.20. The van der Waals surface area contributed by atoms with Crippen LogP contribution in [0.5, 0.6) is 0 Å². The molecule has 1 aliphatic rings. The van der Waals surface area contributed by atoms with E-state index in [1.807, 2.05) is 16.3 Å². The van der Waals surface area contributed by atoms with Crippen molar-refractivity contribution in [1.82, 2.24) is 10.2 Å². The average Bonchev–Trinajstić information content (AvgIpc) is 3.01. The normalized spacial score (nSPS) is 20.1. The number of aliphatic hydroxyl groups excluding tert-OH is 1. The van der Waals surface area contributed by atoms with E-state index in [0.29, 0.717) is 17.8 Å². The van der Waals surface area contributed by atoms with Crippen LogP contribution < -0.4 is 5.32 Å². The molecule has 0 spiro atoms. The fourth-order valence-corrected chi connectivity index (χ4v) is 3.35. The number of nitrogens with zero attached hydrogens (tertiary/aromatic N) is 1. The summed E-state index contributed by atoms with van der Waals surface area (Å²) in [6, 6.07) is 3.11. The molecule has 1 saturated heterocycles. The molecule has 1 aromatic rings. The maximum Gasteiger partial charge on any atom is 0.261 e. The lowest BCUT2D eigenvalue weighted by atomic mass is 9.98. The number of hydrogen-bond acceptors (Lipinski definition) is 4. The zero-order chi connectivity index (χ0) is 15.2. The zero-order valence-corrected chi connectivity index (χ0v) is 13.1. The Morgan fingerprint density at radius 3 is 3.00 bits per heavy atom. The van der Waals surface area contributed by atoms with Gasteiger partial charge in [0.1, 0.15) is 6.04 Å². The van der Waals surface area contributed by atoms with Crippen LogP contribution >= 0.6 is 11.3 Å². The van der Waals surface area contributed by atoms with E-state index in [4.69, 9.17) is 5.11 Å². The van der Waals surface area contributed by atoms with Crippen LogP contribution in [0.1, 0.15) is 42.3 Å². The van der Waals surface area contributed by atoms with Crippen molar-refractivity contribution >= 4 is 23.2 Å². The van der Waals surface area contributed by atoms with E-state index in [2.05, 4.69) is 5.32 Å². The third-order valence-electron chi connectivity index (χ3n) is 3.84. The van der Waals surface area contributed by atoms with E-state index < -0.39 is 6.04 Å². The molecule has 2 atom stereocenters. The second-order valence-electron chi connectivity index (χ2n) is 5.37. The van der Waals surface area contributed by atoms with Crippen molar-refractivity contribution in [2.45, 2.75) is 44.7 Å². The minimum Gasteiger partial charge on any atom is -0.396 e. The van der Waals surface area contributed by atoms with Crippen molar-refractivity contribution in [3.63, 3.8) is 0 Å². The number of amides is 2. The van der Waals surface area contributed by atoms with Gasteiger partial charge in [-0.05, 0) is 44.1 Å². The van der Waals surface area contributed by atoms with Gasteiger partial charge in [0, 0.05) is 19.2 Å². The number of carbonyl (C=O) groups excluding carboxylic acids is 2. The second kappa shape index (κ2) is 7.56. The first kappa shape index (κ1) is 16.0. The second-order valence-corrected chi connectivity index (χ2v) is 6.31. The smallest absolute Gasteiger partial charge is 0.261 e. The van der Waals surface area contributed by atoms with E-state index in [1.165, 1.54) is 11.3 Å². The monoisotopic (exact) mass is 310 g/mol. The Hall–Kier alpha value is -1.40. The molecule has 1 fully saturated rings. The molecule has 2 heterocycles. The van der Waals surface area contributed by atoms with Crippen LogP contribution in [0, 0.1) is 0 Å². The predicted octanol–water partition coefficient (Wildman–Crippen LogP) is 1.63. The molecule has 2 rings (SSSR count). The minimum absolute atomic E-state index is 0.0574. The van der Waals surface area contributed by atoms with Gasteiger partial charge in [-0.25, -0.2) is 0 Å². The van der Waals surface area contributed by atoms with Crippen LogP contribution in [0.4, 0.5) is 0 Å². The summed E-state index contributed by atoms with van der Waals surface area (Å²) in [5, 5.41) is 13.7. The standard InChI is InChI=1S/C15H22N2O3S/c1-11(16-14(19)13-6-4-10-21-13)15(20)17-8-3-2-5-12(17)7-9-18/h4,6,10-12,18H,2-3,5,7-9H2,1H3,(H,16,19). The number of aliphatic hydroxyl groups is 1. The third-order valence-corrected chi connectivity index (χ3v) is 4.70. The number of nitrogens with one attached hydrogen (secondary N) is 1. The highest BCUT2D eigenvalue weighted by molar-refractivity contribution is 7.12. The van der Waals surface area contributed by atoms with E-state index in [9.17, 15) is 9.59 Å². The van der Waals surface area contributed by atoms with Crippen LogP contribution in [0.15, 0.2) is 17.5 Å². The Bertz CT molecular complexity index is 473. The van der Waals surface area contributed by atoms with Crippen LogP contribution in [0.2, 0.25) is 0 Å². The molecule has 2 unspecified atom stereocenters. The summed E-state index contributed by atoms with van der Waals surface area (Å²) < 4.78 is 0. The Kier molecular flexibility index (Phi) is 5.76. The van der Waals surface area contributed by atoms with Crippen molar-refractivity contribution in [1.29, 1.82) is 0 Å². The number of hydrogen-bond donors (Lipinski definition) is 2. The van der Waals surface area contributed by atoms with E-state index >= 15 is 0 Å². The number of thiophene rings is 1. The van der Waals surface area contributed by atoms with Crippen molar-refractivity contribution < 1.29 is 14.7 Å². The van der Waals surface area contributed by atoms with Gasteiger partial charge in [-0.15, -0.1) is 11.3 Å². The van der Waals surface area contributed by atoms with Gasteiger partial charge in [-0.1, -0.05) is 6.07 Å². The van der Waals surface area contributed by atoms with Gasteiger partial charge in [0.15, 0.2) is 0 Å². The summed E-state index contributed by atoms with van der Waals surface area (Å²) in [6.45, 7) is 2.52. The molecule has 5 nitrogen and oxygen atoms in total. The Labute approximate surface area is 129 Å². The maximum atomic E-state index is 12.5. The molecule has 0 aliphatic carbocycles. The molecule has 2 N–H and O–H groups in total. The number of carbonyl (C=O) groups is 2. The summed E-state index contributed by atoms with van der Waals surface area (Å²) in [5.41, 5.74) is 0. The maximum absolute atomic E-state index is 12.5. The first-order chi connectivity index (χ1) is 10.1. The van der Waals surface area contributed by atoms with Crippen LogP contribution in [0.3, 0.4) is 0 Å². The van der Waals surface area contributed by atoms with Crippen molar-refractivity contribution in [2.24, 2.45) is 0 Å². The number of rotatable bonds is 5. The molecule has 1 aromatic heterocycles. The van der Waals surface area contributed by atoms with Gasteiger partial charge in [-0.2, -0.15) is 0 Å². The summed E-state index contributed by atoms with van der Waals surface area (Å²) in [5.74, 6) is -0.264. The summed E-state index contributed by atoms with van der Waals surface area (Å²) >= 11 is 1.36. The molecule has 0 bridgehead atoms. The van der Waals surface area contributed by atoms with E-state index in [0.717, 1.165) is 19.3 Å². The van der Waals surface area contributed by atoms with Crippen molar-refractivity contribution in [3.8, 4) is 0 Å². The summed E-state index contributed by atoms with van der Waals surface area (Å²) in [7, 11) is 0. The molecule has 6 heteroatoms. The first-order valence-electron chi connectivity index (χ1n) is 7.39. The minimum atomic E-state index is -0.543.